The third-order valence-electron chi connectivity index (χ3n) is 2.45. The highest BCUT2D eigenvalue weighted by Gasteiger charge is 2.03. The molecule has 0 unspecified atom stereocenters. The summed E-state index contributed by atoms with van der Waals surface area (Å²) in [5, 5.41) is 15.7. The van der Waals surface area contributed by atoms with E-state index in [9.17, 15) is 0 Å². The fourth-order valence-corrected chi connectivity index (χ4v) is 1.50. The van der Waals surface area contributed by atoms with E-state index in [0.717, 1.165) is 11.3 Å². The van der Waals surface area contributed by atoms with E-state index in [2.05, 4.69) is 20.4 Å². The molecule has 0 spiro atoms. The van der Waals surface area contributed by atoms with Crippen LogP contribution >= 0.6 is 0 Å². The second-order valence-corrected chi connectivity index (χ2v) is 4.04. The van der Waals surface area contributed by atoms with Crippen molar-refractivity contribution in [2.45, 2.75) is 6.92 Å². The lowest BCUT2D eigenvalue weighted by atomic mass is 10.2. The lowest BCUT2D eigenvalue weighted by Crippen LogP contribution is -2.13. The maximum absolute atomic E-state index is 5.52. The Balaban J connectivity index is 1.88. The van der Waals surface area contributed by atoms with Gasteiger partial charge >= 0.3 is 0 Å². The maximum Gasteiger partial charge on any atom is 0.203 e. The molecule has 7 nitrogen and oxygen atoms in total. The molecule has 106 valence electrons. The molecule has 2 rings (SSSR count). The van der Waals surface area contributed by atoms with E-state index in [4.69, 9.17) is 15.2 Å². The van der Waals surface area contributed by atoms with Gasteiger partial charge in [-0.05, 0) is 31.2 Å². The number of ether oxygens (including phenoxy) is 2. The largest absolute Gasteiger partial charge is 0.491 e. The van der Waals surface area contributed by atoms with E-state index < -0.39 is 0 Å². The Bertz CT molecular complexity index is 515. The number of nitrogens with zero attached hydrogens (tertiary/aromatic N) is 4. The molecule has 0 aliphatic heterocycles. The summed E-state index contributed by atoms with van der Waals surface area (Å²) in [6, 6.07) is 7.43. The zero-order valence-corrected chi connectivity index (χ0v) is 11.3. The van der Waals surface area contributed by atoms with Gasteiger partial charge in [0.1, 0.15) is 12.4 Å². The summed E-state index contributed by atoms with van der Waals surface area (Å²) in [7, 11) is 0. The van der Waals surface area contributed by atoms with Gasteiger partial charge in [0.2, 0.25) is 5.82 Å². The lowest BCUT2D eigenvalue weighted by molar-refractivity contribution is 0.106. The van der Waals surface area contributed by atoms with Gasteiger partial charge in [0.25, 0.3) is 0 Å². The van der Waals surface area contributed by atoms with Crippen LogP contribution in [0.3, 0.4) is 0 Å². The zero-order valence-electron chi connectivity index (χ0n) is 11.3. The van der Waals surface area contributed by atoms with Crippen molar-refractivity contribution in [3.05, 3.63) is 30.1 Å². The van der Waals surface area contributed by atoms with E-state index in [1.165, 1.54) is 0 Å². The maximum atomic E-state index is 5.52. The second-order valence-electron chi connectivity index (χ2n) is 4.04. The van der Waals surface area contributed by atoms with Crippen LogP contribution in [0.15, 0.2) is 24.3 Å². The van der Waals surface area contributed by atoms with Crippen LogP contribution in [0.4, 0.5) is 0 Å². The highest BCUT2D eigenvalue weighted by atomic mass is 16.5. The van der Waals surface area contributed by atoms with Crippen LogP contribution in [0.1, 0.15) is 5.82 Å². The highest BCUT2D eigenvalue weighted by Crippen LogP contribution is 2.18. The Morgan fingerprint density at radius 3 is 2.30 bits per heavy atom. The van der Waals surface area contributed by atoms with Gasteiger partial charge in [-0.15, -0.1) is 20.4 Å². The lowest BCUT2D eigenvalue weighted by Gasteiger charge is -2.07. The second kappa shape index (κ2) is 7.46. The number of hydrogen-bond acceptors (Lipinski definition) is 7. The first kappa shape index (κ1) is 14.3. The summed E-state index contributed by atoms with van der Waals surface area (Å²) in [5.41, 5.74) is 6.16. The molecule has 20 heavy (non-hydrogen) atoms. The van der Waals surface area contributed by atoms with Crippen molar-refractivity contribution < 1.29 is 9.47 Å². The average molecular weight is 275 g/mol. The van der Waals surface area contributed by atoms with Crippen LogP contribution in [0, 0.1) is 6.92 Å². The van der Waals surface area contributed by atoms with E-state index in [0.29, 0.717) is 38.0 Å². The third-order valence-corrected chi connectivity index (χ3v) is 2.45. The van der Waals surface area contributed by atoms with Crippen molar-refractivity contribution >= 4 is 0 Å². The Morgan fingerprint density at radius 2 is 1.65 bits per heavy atom. The van der Waals surface area contributed by atoms with Crippen molar-refractivity contribution in [3.63, 3.8) is 0 Å². The van der Waals surface area contributed by atoms with Gasteiger partial charge in [0.05, 0.1) is 13.2 Å². The van der Waals surface area contributed by atoms with Gasteiger partial charge in [-0.25, -0.2) is 0 Å². The summed E-state index contributed by atoms with van der Waals surface area (Å²) in [6.45, 7) is 3.82. The van der Waals surface area contributed by atoms with E-state index in [1.54, 1.807) is 6.92 Å². The van der Waals surface area contributed by atoms with Crippen LogP contribution < -0.4 is 10.5 Å². The molecule has 0 atom stereocenters. The molecule has 0 aliphatic rings. The van der Waals surface area contributed by atoms with Gasteiger partial charge in [0.15, 0.2) is 5.82 Å². The fourth-order valence-electron chi connectivity index (χ4n) is 1.50. The van der Waals surface area contributed by atoms with Gasteiger partial charge < -0.3 is 15.2 Å². The average Bonchev–Trinajstić information content (AvgIpc) is 2.49. The number of aryl methyl sites for hydroxylation is 1. The Labute approximate surface area is 117 Å². The molecule has 0 bridgehead atoms. The summed E-state index contributed by atoms with van der Waals surface area (Å²) in [6.07, 6.45) is 0. The molecule has 1 aromatic carbocycles. The minimum absolute atomic E-state index is 0.490. The number of hydrogen-bond donors (Lipinski definition) is 1. The molecule has 0 saturated carbocycles. The topological polar surface area (TPSA) is 96.0 Å². The first-order valence-corrected chi connectivity index (χ1v) is 6.34. The van der Waals surface area contributed by atoms with Crippen molar-refractivity contribution in [1.29, 1.82) is 0 Å². The molecule has 2 aromatic rings. The van der Waals surface area contributed by atoms with Crippen molar-refractivity contribution in [3.8, 4) is 17.1 Å². The van der Waals surface area contributed by atoms with E-state index >= 15 is 0 Å². The SMILES string of the molecule is Cc1nnc(-c2ccc(OCCOCCN)cc2)nn1. The molecule has 0 amide bonds. The number of benzene rings is 1. The van der Waals surface area contributed by atoms with Crippen LogP contribution in [0.5, 0.6) is 5.75 Å². The van der Waals surface area contributed by atoms with Crippen LogP contribution in [0.25, 0.3) is 11.4 Å². The smallest absolute Gasteiger partial charge is 0.203 e. The van der Waals surface area contributed by atoms with Crippen LogP contribution in [-0.2, 0) is 4.74 Å². The van der Waals surface area contributed by atoms with Gasteiger partial charge in [0, 0.05) is 12.1 Å². The monoisotopic (exact) mass is 275 g/mol. The van der Waals surface area contributed by atoms with Crippen LogP contribution in [-0.4, -0.2) is 46.8 Å². The van der Waals surface area contributed by atoms with Crippen LogP contribution in [0.2, 0.25) is 0 Å². The first-order valence-electron chi connectivity index (χ1n) is 6.34. The molecular weight excluding hydrogens is 258 g/mol. The molecule has 0 radical (unpaired) electrons. The number of nitrogens with two attached hydrogens (primary N) is 1. The summed E-state index contributed by atoms with van der Waals surface area (Å²) in [5.74, 6) is 1.80. The van der Waals surface area contributed by atoms with Gasteiger partial charge in [-0.2, -0.15) is 0 Å². The molecular formula is C13H17N5O2. The molecule has 0 saturated heterocycles. The Hall–Kier alpha value is -2.12. The minimum Gasteiger partial charge on any atom is -0.491 e. The molecule has 1 aromatic heterocycles. The first-order chi connectivity index (χ1) is 9.79. The van der Waals surface area contributed by atoms with Crippen molar-refractivity contribution in [1.82, 2.24) is 20.4 Å². The molecule has 7 heteroatoms. The van der Waals surface area contributed by atoms with Gasteiger partial charge in [-0.3, -0.25) is 0 Å². The number of rotatable bonds is 7. The quantitative estimate of drug-likeness (QED) is 0.739. The Morgan fingerprint density at radius 1 is 0.950 bits per heavy atom. The predicted molar refractivity (Wildman–Crippen MR) is 73.2 cm³/mol. The standard InChI is InChI=1S/C13H17N5O2/c1-10-15-17-13(18-16-10)11-2-4-12(5-3-11)20-9-8-19-7-6-14/h2-5H,6-9,14H2,1H3. The summed E-state index contributed by atoms with van der Waals surface area (Å²) in [4.78, 5) is 0. The fraction of sp³-hybridized carbons (Fsp3) is 0.385. The van der Waals surface area contributed by atoms with E-state index in [-0.39, 0.29) is 0 Å². The predicted octanol–water partition coefficient (Wildman–Crippen LogP) is 0.596. The highest BCUT2D eigenvalue weighted by molar-refractivity contribution is 5.54. The third kappa shape index (κ3) is 4.22. The Kier molecular flexibility index (Phi) is 5.33. The van der Waals surface area contributed by atoms with Crippen molar-refractivity contribution in [2.75, 3.05) is 26.4 Å². The normalized spacial score (nSPS) is 10.5. The van der Waals surface area contributed by atoms with E-state index in [1.807, 2.05) is 24.3 Å². The zero-order chi connectivity index (χ0) is 14.2. The number of aromatic nitrogens is 4. The summed E-state index contributed by atoms with van der Waals surface area (Å²) < 4.78 is 10.7. The molecule has 2 N–H and O–H groups in total. The molecule has 0 aliphatic carbocycles. The molecule has 0 fully saturated rings. The van der Waals surface area contributed by atoms with Gasteiger partial charge in [-0.1, -0.05) is 0 Å². The minimum atomic E-state index is 0.490. The van der Waals surface area contributed by atoms with Crippen molar-refractivity contribution in [2.24, 2.45) is 5.73 Å². The summed E-state index contributed by atoms with van der Waals surface area (Å²) >= 11 is 0. The molecule has 1 heterocycles.